The number of rotatable bonds is 9. The molecule has 0 aromatic heterocycles. The van der Waals surface area contributed by atoms with Gasteiger partial charge in [-0.2, -0.15) is 0 Å². The molecule has 162 valence electrons. The summed E-state index contributed by atoms with van der Waals surface area (Å²) in [6.45, 7) is 8.50. The van der Waals surface area contributed by atoms with Gasteiger partial charge in [-0.1, -0.05) is 12.1 Å². The predicted octanol–water partition coefficient (Wildman–Crippen LogP) is 2.28. The number of methoxy groups -OCH3 is 1. The van der Waals surface area contributed by atoms with Crippen LogP contribution in [-0.4, -0.2) is 70.0 Å². The highest BCUT2D eigenvalue weighted by Gasteiger charge is 2.24. The molecule has 0 saturated carbocycles. The lowest BCUT2D eigenvalue weighted by Crippen LogP contribution is -2.39. The largest absolute Gasteiger partial charge is 0.382 e. The van der Waals surface area contributed by atoms with Gasteiger partial charge >= 0.3 is 6.03 Å². The molecule has 8 heteroatoms. The lowest BCUT2D eigenvalue weighted by Gasteiger charge is -2.22. The molecule has 2 amide bonds. The van der Waals surface area contributed by atoms with E-state index >= 15 is 0 Å². The average molecular weight is 406 g/mol. The van der Waals surface area contributed by atoms with Gasteiger partial charge in [0, 0.05) is 51.4 Å². The van der Waals surface area contributed by atoms with Gasteiger partial charge in [-0.05, 0) is 38.0 Å². The Balaban J connectivity index is 1.75. The van der Waals surface area contributed by atoms with Gasteiger partial charge in [-0.25, -0.2) is 4.79 Å². The fourth-order valence-electron chi connectivity index (χ4n) is 3.20. The summed E-state index contributed by atoms with van der Waals surface area (Å²) in [5, 5.41) is 9.06. The van der Waals surface area contributed by atoms with E-state index in [2.05, 4.69) is 25.8 Å². The highest BCUT2D eigenvalue weighted by atomic mass is 16.5. The third kappa shape index (κ3) is 8.29. The van der Waals surface area contributed by atoms with Crippen LogP contribution in [0.3, 0.4) is 0 Å². The van der Waals surface area contributed by atoms with E-state index < -0.39 is 0 Å². The number of amides is 2. The zero-order valence-corrected chi connectivity index (χ0v) is 18.0. The molecular weight excluding hydrogens is 370 g/mol. The number of urea groups is 1. The first-order valence-electron chi connectivity index (χ1n) is 10.2. The Hall–Kier alpha value is -2.32. The zero-order chi connectivity index (χ0) is 21.1. The summed E-state index contributed by atoms with van der Waals surface area (Å²) in [7, 11) is 3.50. The number of benzene rings is 1. The van der Waals surface area contributed by atoms with E-state index in [9.17, 15) is 4.79 Å². The maximum Gasteiger partial charge on any atom is 0.319 e. The minimum absolute atomic E-state index is 0.104. The van der Waals surface area contributed by atoms with Crippen LogP contribution in [0.5, 0.6) is 0 Å². The Kier molecular flexibility index (Phi) is 9.73. The van der Waals surface area contributed by atoms with Crippen molar-refractivity contribution in [1.29, 1.82) is 0 Å². The van der Waals surface area contributed by atoms with Gasteiger partial charge in [0.2, 0.25) is 0 Å². The number of nitrogens with zero attached hydrogens (tertiary/aromatic N) is 2. The molecule has 0 aliphatic carbocycles. The zero-order valence-electron chi connectivity index (χ0n) is 18.0. The summed E-state index contributed by atoms with van der Waals surface area (Å²) in [6.07, 6.45) is 1.10. The van der Waals surface area contributed by atoms with Gasteiger partial charge in [0.15, 0.2) is 5.96 Å². The van der Waals surface area contributed by atoms with Gasteiger partial charge in [0.05, 0.1) is 19.8 Å². The fraction of sp³-hybridized carbons (Fsp3) is 0.619. The number of aliphatic imine (C=N–C) groups is 1. The molecule has 3 N–H and O–H groups in total. The van der Waals surface area contributed by atoms with E-state index in [1.807, 2.05) is 45.2 Å². The number of ether oxygens (including phenoxy) is 2. The summed E-state index contributed by atoms with van der Waals surface area (Å²) < 4.78 is 10.7. The van der Waals surface area contributed by atoms with Gasteiger partial charge in [-0.15, -0.1) is 0 Å². The van der Waals surface area contributed by atoms with Crippen molar-refractivity contribution in [3.05, 3.63) is 29.8 Å². The minimum atomic E-state index is -0.193. The molecule has 29 heavy (non-hydrogen) atoms. The number of likely N-dealkylation sites (tertiary alicyclic amines) is 1. The number of hydrogen-bond donors (Lipinski definition) is 3. The summed E-state index contributed by atoms with van der Waals surface area (Å²) in [4.78, 5) is 18.5. The van der Waals surface area contributed by atoms with Gasteiger partial charge in [-0.3, -0.25) is 4.99 Å². The molecule has 1 aromatic rings. The molecule has 1 unspecified atom stereocenters. The molecule has 1 aromatic carbocycles. The fourth-order valence-corrected chi connectivity index (χ4v) is 3.20. The maximum atomic E-state index is 11.8. The van der Waals surface area contributed by atoms with Crippen molar-refractivity contribution >= 4 is 17.7 Å². The highest BCUT2D eigenvalue weighted by Crippen LogP contribution is 2.17. The third-order valence-electron chi connectivity index (χ3n) is 4.66. The summed E-state index contributed by atoms with van der Waals surface area (Å²) in [5.74, 6) is 1.43. The van der Waals surface area contributed by atoms with Crippen LogP contribution in [0.4, 0.5) is 10.5 Å². The molecular formula is C21H35N5O3. The van der Waals surface area contributed by atoms with Crippen molar-refractivity contribution in [3.8, 4) is 0 Å². The van der Waals surface area contributed by atoms with Crippen molar-refractivity contribution in [3.63, 3.8) is 0 Å². The second-order valence-corrected chi connectivity index (χ2v) is 7.52. The van der Waals surface area contributed by atoms with Crippen LogP contribution < -0.4 is 16.0 Å². The molecule has 1 aliphatic rings. The van der Waals surface area contributed by atoms with Crippen molar-refractivity contribution in [2.45, 2.75) is 32.9 Å². The Labute approximate surface area is 174 Å². The second-order valence-electron chi connectivity index (χ2n) is 7.52. The smallest absolute Gasteiger partial charge is 0.319 e. The van der Waals surface area contributed by atoms with Gasteiger partial charge < -0.3 is 30.3 Å². The van der Waals surface area contributed by atoms with Gasteiger partial charge in [0.1, 0.15) is 0 Å². The second kappa shape index (κ2) is 12.3. The molecule has 0 bridgehead atoms. The van der Waals surface area contributed by atoms with E-state index in [-0.39, 0.29) is 12.1 Å². The Morgan fingerprint density at radius 1 is 1.28 bits per heavy atom. The molecule has 2 rings (SSSR count). The molecule has 0 spiro atoms. The number of nitrogens with one attached hydrogen (secondary N) is 3. The first kappa shape index (κ1) is 23.0. The van der Waals surface area contributed by atoms with E-state index in [0.29, 0.717) is 25.7 Å². The Bertz CT molecular complexity index is 648. The Morgan fingerprint density at radius 2 is 2.03 bits per heavy atom. The lowest BCUT2D eigenvalue weighted by molar-refractivity contribution is 0.0536. The number of guanidine groups is 1. The summed E-state index contributed by atoms with van der Waals surface area (Å²) in [6, 6.07) is 7.73. The Morgan fingerprint density at radius 3 is 2.69 bits per heavy atom. The standard InChI is InChI=1S/C21H35N5O3/c1-16(2)24-21(27)25-19-7-5-17(6-8-19)13-23-20(22-3)26-10-9-18(14-26)15-29-12-11-28-4/h5-8,16,18H,9-15H2,1-4H3,(H,22,23)(H2,24,25,27). The third-order valence-corrected chi connectivity index (χ3v) is 4.66. The van der Waals surface area contributed by atoms with E-state index in [0.717, 1.165) is 43.3 Å². The van der Waals surface area contributed by atoms with Crippen LogP contribution >= 0.6 is 0 Å². The van der Waals surface area contributed by atoms with Crippen LogP contribution in [-0.2, 0) is 16.0 Å². The van der Waals surface area contributed by atoms with Crippen LogP contribution in [0, 0.1) is 5.92 Å². The molecule has 8 nitrogen and oxygen atoms in total. The predicted molar refractivity (Wildman–Crippen MR) is 116 cm³/mol. The average Bonchev–Trinajstić information content (AvgIpc) is 3.15. The summed E-state index contributed by atoms with van der Waals surface area (Å²) in [5.41, 5.74) is 1.90. The monoisotopic (exact) mass is 405 g/mol. The van der Waals surface area contributed by atoms with Crippen LogP contribution in [0.25, 0.3) is 0 Å². The molecule has 1 heterocycles. The number of anilines is 1. The van der Waals surface area contributed by atoms with Crippen LogP contribution in [0.15, 0.2) is 29.3 Å². The first-order valence-corrected chi connectivity index (χ1v) is 10.2. The molecule has 0 radical (unpaired) electrons. The van der Waals surface area contributed by atoms with Crippen molar-refractivity contribution < 1.29 is 14.3 Å². The van der Waals surface area contributed by atoms with E-state index in [4.69, 9.17) is 9.47 Å². The van der Waals surface area contributed by atoms with Crippen molar-refractivity contribution in [2.24, 2.45) is 10.9 Å². The topological polar surface area (TPSA) is 87.2 Å². The van der Waals surface area contributed by atoms with E-state index in [1.54, 1.807) is 7.11 Å². The molecule has 1 fully saturated rings. The quantitative estimate of drug-likeness (QED) is 0.333. The maximum absolute atomic E-state index is 11.8. The number of carbonyl (C=O) groups is 1. The summed E-state index contributed by atoms with van der Waals surface area (Å²) >= 11 is 0. The normalized spacial score (nSPS) is 16.9. The van der Waals surface area contributed by atoms with Crippen LogP contribution in [0.1, 0.15) is 25.8 Å². The van der Waals surface area contributed by atoms with E-state index in [1.165, 1.54) is 0 Å². The van der Waals surface area contributed by atoms with Crippen molar-refractivity contribution in [1.82, 2.24) is 15.5 Å². The number of hydrogen-bond acceptors (Lipinski definition) is 4. The first-order chi connectivity index (χ1) is 14.0. The number of carbonyl (C=O) groups excluding carboxylic acids is 1. The minimum Gasteiger partial charge on any atom is -0.382 e. The highest BCUT2D eigenvalue weighted by molar-refractivity contribution is 5.89. The lowest BCUT2D eigenvalue weighted by atomic mass is 10.1. The van der Waals surface area contributed by atoms with Crippen molar-refractivity contribution in [2.75, 3.05) is 52.4 Å². The molecule has 1 saturated heterocycles. The van der Waals surface area contributed by atoms with Gasteiger partial charge in [0.25, 0.3) is 0 Å². The molecule has 1 aliphatic heterocycles. The SMILES string of the molecule is CN=C(NCc1ccc(NC(=O)NC(C)C)cc1)N1CCC(COCCOC)C1. The molecule has 1 atom stereocenters. The van der Waals surface area contributed by atoms with Crippen LogP contribution in [0.2, 0.25) is 0 Å².